The zero-order chi connectivity index (χ0) is 23.8. The van der Waals surface area contributed by atoms with Gasteiger partial charge in [0.1, 0.15) is 18.2 Å². The molecular formula is C24H22BrIN4O3. The molecule has 2 aromatic carbocycles. The van der Waals surface area contributed by atoms with E-state index in [4.69, 9.17) is 14.2 Å². The van der Waals surface area contributed by atoms with Gasteiger partial charge in [-0.15, -0.1) is 0 Å². The molecular weight excluding hydrogens is 599 g/mol. The second-order valence-corrected chi connectivity index (χ2v) is 9.10. The summed E-state index contributed by atoms with van der Waals surface area (Å²) in [6.45, 7) is 2.59. The summed E-state index contributed by atoms with van der Waals surface area (Å²) in [6, 6.07) is 15.8. The van der Waals surface area contributed by atoms with Crippen LogP contribution in [0, 0.1) is 21.8 Å². The fourth-order valence-corrected chi connectivity index (χ4v) is 3.83. The third-order valence-electron chi connectivity index (χ3n) is 4.61. The lowest BCUT2D eigenvalue weighted by Crippen LogP contribution is -2.04. The van der Waals surface area contributed by atoms with Crippen molar-refractivity contribution in [2.75, 3.05) is 19.6 Å². The number of hydrogen-bond donors (Lipinski definition) is 1. The van der Waals surface area contributed by atoms with Crippen molar-refractivity contribution in [3.63, 3.8) is 0 Å². The second kappa shape index (κ2) is 12.0. The number of methoxy groups -OCH3 is 2. The molecule has 3 aromatic rings. The molecule has 0 bridgehead atoms. The maximum Gasteiger partial charge on any atom is 0.164 e. The van der Waals surface area contributed by atoms with Crippen LogP contribution in [0.4, 0.5) is 5.82 Å². The van der Waals surface area contributed by atoms with E-state index in [-0.39, 0.29) is 0 Å². The number of ether oxygens (including phenoxy) is 3. The lowest BCUT2D eigenvalue weighted by Gasteiger charge is -2.13. The Bertz CT molecular complexity index is 1190. The Hall–Kier alpha value is -2.68. The van der Waals surface area contributed by atoms with Crippen molar-refractivity contribution in [3.05, 3.63) is 78.5 Å². The van der Waals surface area contributed by atoms with E-state index in [0.717, 1.165) is 26.9 Å². The van der Waals surface area contributed by atoms with Gasteiger partial charge in [0.15, 0.2) is 17.3 Å². The van der Waals surface area contributed by atoms with E-state index in [1.54, 1.807) is 20.4 Å². The van der Waals surface area contributed by atoms with Gasteiger partial charge in [0, 0.05) is 32.0 Å². The van der Waals surface area contributed by atoms with E-state index in [9.17, 15) is 5.26 Å². The van der Waals surface area contributed by atoms with Crippen LogP contribution in [0.2, 0.25) is 0 Å². The van der Waals surface area contributed by atoms with Gasteiger partial charge in [-0.25, -0.2) is 4.98 Å². The minimum absolute atomic E-state index is 0.317. The number of nitriles is 1. The van der Waals surface area contributed by atoms with Crippen LogP contribution in [0.15, 0.2) is 52.0 Å². The molecule has 1 aromatic heterocycles. The number of aromatic nitrogens is 1. The smallest absolute Gasteiger partial charge is 0.164 e. The Morgan fingerprint density at radius 3 is 2.58 bits per heavy atom. The molecule has 1 N–H and O–H groups in total. The van der Waals surface area contributed by atoms with Crippen molar-refractivity contribution in [2.45, 2.75) is 20.1 Å². The number of nitrogens with zero attached hydrogens (tertiary/aromatic N) is 3. The SMILES string of the molecule is COCc1cc(C)nc(N/N=C\c2cc(OC)c(OCc3ccc(I)cc3)cc2Br)c1C#N. The molecule has 170 valence electrons. The Labute approximate surface area is 215 Å². The minimum Gasteiger partial charge on any atom is -0.493 e. The quantitative estimate of drug-likeness (QED) is 0.185. The van der Waals surface area contributed by atoms with E-state index in [2.05, 4.69) is 60.1 Å². The summed E-state index contributed by atoms with van der Waals surface area (Å²) in [5, 5.41) is 13.8. The topological polar surface area (TPSA) is 88.8 Å². The summed E-state index contributed by atoms with van der Waals surface area (Å²) in [5.74, 6) is 1.57. The standard InChI is InChI=1S/C24H22BrIN4O3/c1-15-8-18(14-31-2)20(11-27)24(29-15)30-28-12-17-9-22(32-3)23(10-21(17)25)33-13-16-4-6-19(26)7-5-16/h4-10,12H,13-14H2,1-3H3,(H,29,30)/b28-12-. The van der Waals surface area contributed by atoms with Gasteiger partial charge in [0.05, 0.1) is 19.9 Å². The molecule has 0 amide bonds. The van der Waals surface area contributed by atoms with Crippen LogP contribution in [-0.4, -0.2) is 25.4 Å². The summed E-state index contributed by atoms with van der Waals surface area (Å²) in [6.07, 6.45) is 1.62. The van der Waals surface area contributed by atoms with Gasteiger partial charge in [-0.3, -0.25) is 5.43 Å². The van der Waals surface area contributed by atoms with Gasteiger partial charge in [-0.05, 0) is 81.3 Å². The van der Waals surface area contributed by atoms with Crippen LogP contribution in [0.1, 0.15) is 27.9 Å². The average Bonchev–Trinajstić information content (AvgIpc) is 2.80. The molecule has 0 aliphatic carbocycles. The average molecular weight is 621 g/mol. The largest absolute Gasteiger partial charge is 0.493 e. The third-order valence-corrected chi connectivity index (χ3v) is 6.01. The van der Waals surface area contributed by atoms with Crippen molar-refractivity contribution in [2.24, 2.45) is 5.10 Å². The first kappa shape index (κ1) is 25.0. The highest BCUT2D eigenvalue weighted by Crippen LogP contribution is 2.33. The number of rotatable bonds is 9. The number of hydrogen-bond acceptors (Lipinski definition) is 7. The fourth-order valence-electron chi connectivity index (χ4n) is 3.04. The summed E-state index contributed by atoms with van der Waals surface area (Å²) < 4.78 is 18.6. The normalized spacial score (nSPS) is 10.8. The van der Waals surface area contributed by atoms with Crippen LogP contribution in [-0.2, 0) is 18.0 Å². The van der Waals surface area contributed by atoms with E-state index < -0.39 is 0 Å². The van der Waals surface area contributed by atoms with Crippen LogP contribution in [0.25, 0.3) is 0 Å². The van der Waals surface area contributed by atoms with Gasteiger partial charge >= 0.3 is 0 Å². The molecule has 0 aliphatic heterocycles. The van der Waals surface area contributed by atoms with E-state index in [1.807, 2.05) is 49.4 Å². The van der Waals surface area contributed by atoms with Crippen LogP contribution in [0.5, 0.6) is 11.5 Å². The van der Waals surface area contributed by atoms with Crippen molar-refractivity contribution in [1.29, 1.82) is 5.26 Å². The molecule has 7 nitrogen and oxygen atoms in total. The van der Waals surface area contributed by atoms with Crippen LogP contribution in [0.3, 0.4) is 0 Å². The molecule has 0 aliphatic rings. The molecule has 0 radical (unpaired) electrons. The molecule has 3 rings (SSSR count). The zero-order valence-electron chi connectivity index (χ0n) is 18.4. The number of anilines is 1. The predicted octanol–water partition coefficient (Wildman–Crippen LogP) is 5.81. The van der Waals surface area contributed by atoms with E-state index in [0.29, 0.717) is 36.1 Å². The van der Waals surface area contributed by atoms with Gasteiger partial charge in [-0.2, -0.15) is 10.4 Å². The molecule has 0 fully saturated rings. The lowest BCUT2D eigenvalue weighted by molar-refractivity contribution is 0.184. The van der Waals surface area contributed by atoms with E-state index in [1.165, 1.54) is 3.57 Å². The lowest BCUT2D eigenvalue weighted by atomic mass is 10.1. The Balaban J connectivity index is 1.78. The van der Waals surface area contributed by atoms with Gasteiger partial charge < -0.3 is 14.2 Å². The summed E-state index contributed by atoms with van der Waals surface area (Å²) in [7, 11) is 3.17. The first-order valence-corrected chi connectivity index (χ1v) is 11.8. The van der Waals surface area contributed by atoms with Crippen molar-refractivity contribution < 1.29 is 14.2 Å². The van der Waals surface area contributed by atoms with E-state index >= 15 is 0 Å². The molecule has 0 saturated heterocycles. The highest BCUT2D eigenvalue weighted by molar-refractivity contribution is 14.1. The van der Waals surface area contributed by atoms with Gasteiger partial charge in [0.2, 0.25) is 0 Å². The highest BCUT2D eigenvalue weighted by atomic mass is 127. The number of halogens is 2. The number of benzene rings is 2. The Morgan fingerprint density at radius 2 is 1.91 bits per heavy atom. The second-order valence-electron chi connectivity index (χ2n) is 7.00. The molecule has 33 heavy (non-hydrogen) atoms. The monoisotopic (exact) mass is 620 g/mol. The summed E-state index contributed by atoms with van der Waals surface area (Å²) >= 11 is 5.84. The van der Waals surface area contributed by atoms with Crippen LogP contribution >= 0.6 is 38.5 Å². The fraction of sp³-hybridized carbons (Fsp3) is 0.208. The number of aryl methyl sites for hydroxylation is 1. The number of nitrogens with one attached hydrogen (secondary N) is 1. The number of pyridine rings is 1. The first-order chi connectivity index (χ1) is 15.9. The molecule has 0 spiro atoms. The third kappa shape index (κ3) is 6.66. The van der Waals surface area contributed by atoms with Crippen molar-refractivity contribution in [1.82, 2.24) is 4.98 Å². The molecule has 0 atom stereocenters. The van der Waals surface area contributed by atoms with Gasteiger partial charge in [0.25, 0.3) is 0 Å². The maximum absolute atomic E-state index is 9.55. The van der Waals surface area contributed by atoms with Gasteiger partial charge in [-0.1, -0.05) is 12.1 Å². The molecule has 9 heteroatoms. The predicted molar refractivity (Wildman–Crippen MR) is 140 cm³/mol. The maximum atomic E-state index is 9.55. The number of hydrazone groups is 1. The molecule has 0 saturated carbocycles. The van der Waals surface area contributed by atoms with Crippen molar-refractivity contribution in [3.8, 4) is 17.6 Å². The first-order valence-electron chi connectivity index (χ1n) is 9.88. The molecule has 1 heterocycles. The molecule has 0 unspecified atom stereocenters. The summed E-state index contributed by atoms with van der Waals surface area (Å²) in [5.41, 5.74) is 6.61. The van der Waals surface area contributed by atoms with Crippen molar-refractivity contribution >= 4 is 50.6 Å². The summed E-state index contributed by atoms with van der Waals surface area (Å²) in [4.78, 5) is 4.39. The minimum atomic E-state index is 0.317. The Morgan fingerprint density at radius 1 is 1.15 bits per heavy atom. The highest BCUT2D eigenvalue weighted by Gasteiger charge is 2.12. The Kier molecular flexibility index (Phi) is 9.05. The zero-order valence-corrected chi connectivity index (χ0v) is 22.1. The van der Waals surface area contributed by atoms with Crippen LogP contribution < -0.4 is 14.9 Å².